The van der Waals surface area contributed by atoms with Gasteiger partial charge in [0.2, 0.25) is 0 Å². The molecular formula is C19H17NO4. The van der Waals surface area contributed by atoms with E-state index in [9.17, 15) is 15.0 Å². The molecule has 0 bridgehead atoms. The summed E-state index contributed by atoms with van der Waals surface area (Å²) in [6.07, 6.45) is 0. The maximum Gasteiger partial charge on any atom is 0.259 e. The van der Waals surface area contributed by atoms with E-state index in [0.29, 0.717) is 28.8 Å². The molecule has 0 radical (unpaired) electrons. The number of rotatable bonds is 4. The number of anilines is 1. The Morgan fingerprint density at radius 2 is 1.71 bits per heavy atom. The Bertz CT molecular complexity index is 905. The molecular weight excluding hydrogens is 306 g/mol. The topological polar surface area (TPSA) is 78.8 Å². The van der Waals surface area contributed by atoms with Gasteiger partial charge in [-0.2, -0.15) is 0 Å². The van der Waals surface area contributed by atoms with E-state index in [1.54, 1.807) is 48.5 Å². The standard InChI is InChI=1S/C19H17NO4/c1-2-24-17-10-6-5-9-15(17)20-19(23)14-11-16(21)12-7-3-4-8-13(12)18(14)22/h3-11,21-22H,2H2,1H3,(H,20,23). The first kappa shape index (κ1) is 15.7. The number of carbonyl (C=O) groups excluding carboxylic acids is 1. The van der Waals surface area contributed by atoms with E-state index >= 15 is 0 Å². The number of phenols is 2. The Morgan fingerprint density at radius 3 is 2.46 bits per heavy atom. The van der Waals surface area contributed by atoms with Crippen molar-refractivity contribution in [2.45, 2.75) is 6.92 Å². The van der Waals surface area contributed by atoms with Gasteiger partial charge in [0, 0.05) is 10.8 Å². The van der Waals surface area contributed by atoms with Crippen molar-refractivity contribution in [3.8, 4) is 17.2 Å². The average Bonchev–Trinajstić information content (AvgIpc) is 2.60. The number of aromatic hydroxyl groups is 2. The third kappa shape index (κ3) is 2.84. The van der Waals surface area contributed by atoms with Crippen molar-refractivity contribution >= 4 is 22.4 Å². The molecule has 0 aromatic heterocycles. The van der Waals surface area contributed by atoms with E-state index in [2.05, 4.69) is 5.32 Å². The molecule has 5 heteroatoms. The molecule has 0 saturated carbocycles. The summed E-state index contributed by atoms with van der Waals surface area (Å²) < 4.78 is 5.47. The molecule has 3 rings (SSSR count). The number of ether oxygens (including phenoxy) is 1. The predicted octanol–water partition coefficient (Wildman–Crippen LogP) is 3.90. The normalized spacial score (nSPS) is 10.5. The third-order valence-electron chi connectivity index (χ3n) is 3.67. The summed E-state index contributed by atoms with van der Waals surface area (Å²) in [7, 11) is 0. The molecule has 0 saturated heterocycles. The largest absolute Gasteiger partial charge is 0.507 e. The van der Waals surface area contributed by atoms with Crippen LogP contribution in [0.3, 0.4) is 0 Å². The lowest BCUT2D eigenvalue weighted by Crippen LogP contribution is -2.13. The zero-order valence-electron chi connectivity index (χ0n) is 13.1. The van der Waals surface area contributed by atoms with Crippen molar-refractivity contribution in [1.82, 2.24) is 0 Å². The number of fused-ring (bicyclic) bond motifs is 1. The fraction of sp³-hybridized carbons (Fsp3) is 0.105. The van der Waals surface area contributed by atoms with E-state index in [1.165, 1.54) is 6.07 Å². The Kier molecular flexibility index (Phi) is 4.24. The molecule has 122 valence electrons. The average molecular weight is 323 g/mol. The van der Waals surface area contributed by atoms with E-state index < -0.39 is 5.91 Å². The molecule has 0 fully saturated rings. The fourth-order valence-electron chi connectivity index (χ4n) is 2.55. The van der Waals surface area contributed by atoms with Gasteiger partial charge in [-0.15, -0.1) is 0 Å². The van der Waals surface area contributed by atoms with Gasteiger partial charge in [0.1, 0.15) is 17.2 Å². The highest BCUT2D eigenvalue weighted by Crippen LogP contribution is 2.36. The van der Waals surface area contributed by atoms with E-state index in [-0.39, 0.29) is 17.1 Å². The van der Waals surface area contributed by atoms with Crippen LogP contribution in [-0.4, -0.2) is 22.7 Å². The van der Waals surface area contributed by atoms with Crippen LogP contribution in [0.5, 0.6) is 17.2 Å². The van der Waals surface area contributed by atoms with Crippen LogP contribution in [0.25, 0.3) is 10.8 Å². The monoisotopic (exact) mass is 323 g/mol. The highest BCUT2D eigenvalue weighted by molar-refractivity contribution is 6.11. The van der Waals surface area contributed by atoms with Crippen LogP contribution in [0.2, 0.25) is 0 Å². The smallest absolute Gasteiger partial charge is 0.259 e. The van der Waals surface area contributed by atoms with Crippen LogP contribution in [0.15, 0.2) is 54.6 Å². The number of para-hydroxylation sites is 2. The Balaban J connectivity index is 1.99. The first-order valence-corrected chi connectivity index (χ1v) is 7.58. The number of hydrogen-bond donors (Lipinski definition) is 3. The molecule has 5 nitrogen and oxygen atoms in total. The summed E-state index contributed by atoms with van der Waals surface area (Å²) in [5.41, 5.74) is 0.494. The van der Waals surface area contributed by atoms with Crippen molar-refractivity contribution in [1.29, 1.82) is 0 Å². The summed E-state index contributed by atoms with van der Waals surface area (Å²) in [6.45, 7) is 2.32. The van der Waals surface area contributed by atoms with Crippen molar-refractivity contribution in [2.24, 2.45) is 0 Å². The summed E-state index contributed by atoms with van der Waals surface area (Å²) in [5.74, 6) is -0.222. The number of amides is 1. The van der Waals surface area contributed by atoms with Crippen molar-refractivity contribution in [3.63, 3.8) is 0 Å². The second-order valence-corrected chi connectivity index (χ2v) is 5.22. The number of benzene rings is 3. The molecule has 0 aliphatic heterocycles. The zero-order valence-corrected chi connectivity index (χ0v) is 13.1. The third-order valence-corrected chi connectivity index (χ3v) is 3.67. The molecule has 0 heterocycles. The predicted molar refractivity (Wildman–Crippen MR) is 92.8 cm³/mol. The van der Waals surface area contributed by atoms with E-state index in [1.807, 2.05) is 6.92 Å². The van der Waals surface area contributed by atoms with Gasteiger partial charge in [0.25, 0.3) is 5.91 Å². The van der Waals surface area contributed by atoms with Gasteiger partial charge < -0.3 is 20.3 Å². The van der Waals surface area contributed by atoms with Gasteiger partial charge in [-0.3, -0.25) is 4.79 Å². The van der Waals surface area contributed by atoms with Gasteiger partial charge in [0.05, 0.1) is 17.9 Å². The Labute approximate surface area is 139 Å². The molecule has 0 atom stereocenters. The van der Waals surface area contributed by atoms with Crippen LogP contribution in [0, 0.1) is 0 Å². The maximum atomic E-state index is 12.5. The summed E-state index contributed by atoms with van der Waals surface area (Å²) in [4.78, 5) is 12.5. The second kappa shape index (κ2) is 6.50. The molecule has 24 heavy (non-hydrogen) atoms. The highest BCUT2D eigenvalue weighted by Gasteiger charge is 2.18. The van der Waals surface area contributed by atoms with Gasteiger partial charge in [-0.05, 0) is 25.1 Å². The van der Waals surface area contributed by atoms with Crippen molar-refractivity contribution in [2.75, 3.05) is 11.9 Å². The van der Waals surface area contributed by atoms with Crippen molar-refractivity contribution < 1.29 is 19.7 Å². The van der Waals surface area contributed by atoms with Gasteiger partial charge in [-0.25, -0.2) is 0 Å². The lowest BCUT2D eigenvalue weighted by Gasteiger charge is -2.13. The van der Waals surface area contributed by atoms with E-state index in [0.717, 1.165) is 0 Å². The number of hydrogen-bond acceptors (Lipinski definition) is 4. The molecule has 0 unspecified atom stereocenters. The lowest BCUT2D eigenvalue weighted by atomic mass is 10.0. The van der Waals surface area contributed by atoms with Crippen molar-refractivity contribution in [3.05, 3.63) is 60.2 Å². The zero-order chi connectivity index (χ0) is 17.1. The summed E-state index contributed by atoms with van der Waals surface area (Å²) in [5, 5.41) is 24.1. The number of nitrogens with one attached hydrogen (secondary N) is 1. The Morgan fingerprint density at radius 1 is 1.04 bits per heavy atom. The Hall–Kier alpha value is -3.21. The lowest BCUT2D eigenvalue weighted by molar-refractivity contribution is 0.102. The molecule has 3 aromatic rings. The summed E-state index contributed by atoms with van der Waals surface area (Å²) in [6, 6.07) is 15.1. The molecule has 0 aliphatic rings. The molecule has 0 aliphatic carbocycles. The van der Waals surface area contributed by atoms with Crippen LogP contribution < -0.4 is 10.1 Å². The first-order valence-electron chi connectivity index (χ1n) is 7.58. The second-order valence-electron chi connectivity index (χ2n) is 5.22. The maximum absolute atomic E-state index is 12.5. The van der Waals surface area contributed by atoms with Gasteiger partial charge >= 0.3 is 0 Å². The minimum absolute atomic E-state index is 0.00231. The van der Waals surface area contributed by atoms with Gasteiger partial charge in [0.15, 0.2) is 0 Å². The molecule has 3 aromatic carbocycles. The van der Waals surface area contributed by atoms with Crippen LogP contribution in [-0.2, 0) is 0 Å². The minimum atomic E-state index is -0.527. The quantitative estimate of drug-likeness (QED) is 0.636. The highest BCUT2D eigenvalue weighted by atomic mass is 16.5. The molecule has 0 spiro atoms. The SMILES string of the molecule is CCOc1ccccc1NC(=O)c1cc(O)c2ccccc2c1O. The fourth-order valence-corrected chi connectivity index (χ4v) is 2.55. The minimum Gasteiger partial charge on any atom is -0.507 e. The van der Waals surface area contributed by atoms with Crippen LogP contribution in [0.1, 0.15) is 17.3 Å². The van der Waals surface area contributed by atoms with Crippen LogP contribution >= 0.6 is 0 Å². The summed E-state index contributed by atoms with van der Waals surface area (Å²) >= 11 is 0. The van der Waals surface area contributed by atoms with E-state index in [4.69, 9.17) is 4.74 Å². The number of carbonyl (C=O) groups is 1. The first-order chi connectivity index (χ1) is 11.6. The van der Waals surface area contributed by atoms with Crippen LogP contribution in [0.4, 0.5) is 5.69 Å². The molecule has 1 amide bonds. The molecule has 3 N–H and O–H groups in total. The number of phenolic OH excluding ortho intramolecular Hbond substituents is 2. The van der Waals surface area contributed by atoms with Gasteiger partial charge in [-0.1, -0.05) is 36.4 Å².